The molecule has 0 saturated heterocycles. The van der Waals surface area contributed by atoms with Crippen LogP contribution in [0.4, 0.5) is 5.82 Å². The predicted octanol–water partition coefficient (Wildman–Crippen LogP) is 2.49. The molecule has 2 aromatic rings. The van der Waals surface area contributed by atoms with Crippen LogP contribution in [0.15, 0.2) is 18.5 Å². The van der Waals surface area contributed by atoms with Gasteiger partial charge in [-0.2, -0.15) is 5.10 Å². The highest BCUT2D eigenvalue weighted by molar-refractivity contribution is 6.31. The number of pyridine rings is 1. The Labute approximate surface area is 115 Å². The van der Waals surface area contributed by atoms with Gasteiger partial charge in [0.15, 0.2) is 5.82 Å². The number of rotatable bonds is 2. The van der Waals surface area contributed by atoms with E-state index in [4.69, 9.17) is 11.6 Å². The minimum Gasteiger partial charge on any atom is -0.309 e. The molecule has 0 unspecified atom stereocenters. The van der Waals surface area contributed by atoms with Gasteiger partial charge < -0.3 is 5.32 Å². The fourth-order valence-corrected chi connectivity index (χ4v) is 2.78. The number of anilines is 1. The highest BCUT2D eigenvalue weighted by Gasteiger charge is 2.32. The van der Waals surface area contributed by atoms with Crippen molar-refractivity contribution >= 4 is 23.3 Å². The number of carbonyl (C=O) groups excluding carboxylic acids is 1. The van der Waals surface area contributed by atoms with Crippen LogP contribution in [0.3, 0.4) is 0 Å². The number of hydrogen-bond donors (Lipinski definition) is 2. The van der Waals surface area contributed by atoms with Crippen molar-refractivity contribution in [2.24, 2.45) is 0 Å². The van der Waals surface area contributed by atoms with Crippen molar-refractivity contribution in [3.63, 3.8) is 0 Å². The van der Waals surface area contributed by atoms with Gasteiger partial charge in [-0.3, -0.25) is 14.9 Å². The monoisotopic (exact) mass is 276 g/mol. The first-order valence-corrected chi connectivity index (χ1v) is 6.55. The Morgan fingerprint density at radius 2 is 2.37 bits per heavy atom. The van der Waals surface area contributed by atoms with Crippen LogP contribution in [-0.4, -0.2) is 21.1 Å². The molecular weight excluding hydrogens is 264 g/mol. The fourth-order valence-electron chi connectivity index (χ4n) is 2.53. The molecule has 1 aliphatic heterocycles. The van der Waals surface area contributed by atoms with Crippen LogP contribution in [0, 0.1) is 0 Å². The van der Waals surface area contributed by atoms with Gasteiger partial charge in [-0.25, -0.2) is 0 Å². The van der Waals surface area contributed by atoms with Crippen LogP contribution < -0.4 is 5.32 Å². The fraction of sp³-hybridized carbons (Fsp3) is 0.308. The van der Waals surface area contributed by atoms with E-state index >= 15 is 0 Å². The number of nitrogens with zero attached hydrogens (tertiary/aromatic N) is 2. The molecule has 6 heteroatoms. The van der Waals surface area contributed by atoms with Gasteiger partial charge in [-0.15, -0.1) is 0 Å². The lowest BCUT2D eigenvalue weighted by molar-refractivity contribution is -0.116. The third kappa shape index (κ3) is 2.00. The lowest BCUT2D eigenvalue weighted by Crippen LogP contribution is -2.23. The van der Waals surface area contributed by atoms with Crippen LogP contribution >= 0.6 is 11.6 Å². The first-order chi connectivity index (χ1) is 9.20. The molecule has 5 nitrogen and oxygen atoms in total. The van der Waals surface area contributed by atoms with E-state index in [-0.39, 0.29) is 11.8 Å². The van der Waals surface area contributed by atoms with E-state index in [9.17, 15) is 4.79 Å². The Morgan fingerprint density at radius 3 is 3.11 bits per heavy atom. The van der Waals surface area contributed by atoms with Crippen molar-refractivity contribution in [3.8, 4) is 0 Å². The number of carbonyl (C=O) groups is 1. The topological polar surface area (TPSA) is 70.7 Å². The lowest BCUT2D eigenvalue weighted by Gasteiger charge is -2.23. The SMILES string of the molecule is CCc1[nH]nc2c1[C@@H](c1ccncc1Cl)CC(=O)N2. The van der Waals surface area contributed by atoms with Crippen molar-refractivity contribution < 1.29 is 4.79 Å². The zero-order valence-electron chi connectivity index (χ0n) is 10.4. The predicted molar refractivity (Wildman–Crippen MR) is 72.3 cm³/mol. The molecule has 19 heavy (non-hydrogen) atoms. The summed E-state index contributed by atoms with van der Waals surface area (Å²) >= 11 is 6.21. The van der Waals surface area contributed by atoms with Crippen LogP contribution in [0.1, 0.15) is 36.1 Å². The van der Waals surface area contributed by atoms with E-state index in [1.54, 1.807) is 12.4 Å². The summed E-state index contributed by atoms with van der Waals surface area (Å²) in [5.41, 5.74) is 2.99. The third-order valence-electron chi connectivity index (χ3n) is 3.41. The van der Waals surface area contributed by atoms with Gasteiger partial charge in [0.1, 0.15) is 0 Å². The lowest BCUT2D eigenvalue weighted by atomic mass is 9.85. The largest absolute Gasteiger partial charge is 0.309 e. The molecule has 3 rings (SSSR count). The van der Waals surface area contributed by atoms with Crippen molar-refractivity contribution in [2.75, 3.05) is 5.32 Å². The van der Waals surface area contributed by atoms with E-state index in [0.29, 0.717) is 17.3 Å². The molecule has 2 N–H and O–H groups in total. The molecule has 0 aromatic carbocycles. The zero-order valence-corrected chi connectivity index (χ0v) is 11.2. The molecule has 0 bridgehead atoms. The van der Waals surface area contributed by atoms with Crippen molar-refractivity contribution in [1.29, 1.82) is 0 Å². The number of halogens is 1. The summed E-state index contributed by atoms with van der Waals surface area (Å²) in [7, 11) is 0. The normalized spacial score (nSPS) is 18.0. The molecule has 0 fully saturated rings. The second-order valence-electron chi connectivity index (χ2n) is 4.52. The average molecular weight is 277 g/mol. The minimum absolute atomic E-state index is 0.0421. The van der Waals surface area contributed by atoms with Gasteiger partial charge in [0.05, 0.1) is 5.02 Å². The Balaban J connectivity index is 2.15. The standard InChI is InChI=1S/C13H13ClN4O/c1-2-10-12-8(7-3-4-15-6-9(7)14)5-11(19)16-13(12)18-17-10/h3-4,6,8H,2,5H2,1H3,(H2,16,17,18,19)/t8-/m1/s1. The highest BCUT2D eigenvalue weighted by atomic mass is 35.5. The van der Waals surface area contributed by atoms with Gasteiger partial charge >= 0.3 is 0 Å². The molecule has 1 amide bonds. The number of aryl methyl sites for hydroxylation is 1. The Bertz CT molecular complexity index is 637. The quantitative estimate of drug-likeness (QED) is 0.885. The number of amides is 1. The first kappa shape index (κ1) is 12.2. The van der Waals surface area contributed by atoms with Gasteiger partial charge in [0, 0.05) is 36.0 Å². The molecule has 0 radical (unpaired) electrons. The summed E-state index contributed by atoms with van der Waals surface area (Å²) in [6.07, 6.45) is 4.51. The van der Waals surface area contributed by atoms with E-state index in [1.807, 2.05) is 6.07 Å². The van der Waals surface area contributed by atoms with Crippen molar-refractivity contribution in [1.82, 2.24) is 15.2 Å². The maximum Gasteiger partial charge on any atom is 0.226 e. The summed E-state index contributed by atoms with van der Waals surface area (Å²) in [5.74, 6) is 0.512. The van der Waals surface area contributed by atoms with Crippen LogP contribution in [0.25, 0.3) is 0 Å². The van der Waals surface area contributed by atoms with E-state index < -0.39 is 0 Å². The van der Waals surface area contributed by atoms with Gasteiger partial charge in [0.25, 0.3) is 0 Å². The van der Waals surface area contributed by atoms with Gasteiger partial charge in [0.2, 0.25) is 5.91 Å². The number of hydrogen-bond acceptors (Lipinski definition) is 3. The number of H-pyrrole nitrogens is 1. The maximum atomic E-state index is 11.8. The summed E-state index contributed by atoms with van der Waals surface area (Å²) in [5, 5.41) is 10.5. The second kappa shape index (κ2) is 4.66. The summed E-state index contributed by atoms with van der Waals surface area (Å²) in [4.78, 5) is 15.8. The Hall–Kier alpha value is -1.88. The maximum absolute atomic E-state index is 11.8. The van der Waals surface area contributed by atoms with E-state index in [1.165, 1.54) is 0 Å². The molecule has 1 aliphatic rings. The number of nitrogens with one attached hydrogen (secondary N) is 2. The molecular formula is C13H13ClN4O. The van der Waals surface area contributed by atoms with Crippen LogP contribution in [0.2, 0.25) is 5.02 Å². The zero-order chi connectivity index (χ0) is 13.4. The van der Waals surface area contributed by atoms with Gasteiger partial charge in [-0.1, -0.05) is 18.5 Å². The van der Waals surface area contributed by atoms with E-state index in [0.717, 1.165) is 23.2 Å². The highest BCUT2D eigenvalue weighted by Crippen LogP contribution is 2.40. The number of aromatic nitrogens is 3. The summed E-state index contributed by atoms with van der Waals surface area (Å²) in [6, 6.07) is 1.86. The Kier molecular flexibility index (Phi) is 2.98. The van der Waals surface area contributed by atoms with Gasteiger partial charge in [-0.05, 0) is 18.1 Å². The Morgan fingerprint density at radius 1 is 1.53 bits per heavy atom. The average Bonchev–Trinajstić information content (AvgIpc) is 2.81. The minimum atomic E-state index is -0.0621. The number of fused-ring (bicyclic) bond motifs is 1. The molecule has 2 aromatic heterocycles. The van der Waals surface area contributed by atoms with Crippen molar-refractivity contribution in [3.05, 3.63) is 40.3 Å². The van der Waals surface area contributed by atoms with Crippen LogP contribution in [-0.2, 0) is 11.2 Å². The smallest absolute Gasteiger partial charge is 0.226 e. The third-order valence-corrected chi connectivity index (χ3v) is 3.73. The van der Waals surface area contributed by atoms with Crippen LogP contribution in [0.5, 0.6) is 0 Å². The van der Waals surface area contributed by atoms with E-state index in [2.05, 4.69) is 27.4 Å². The molecule has 0 saturated carbocycles. The number of aromatic amines is 1. The molecule has 1 atom stereocenters. The summed E-state index contributed by atoms with van der Waals surface area (Å²) < 4.78 is 0. The second-order valence-corrected chi connectivity index (χ2v) is 4.93. The summed E-state index contributed by atoms with van der Waals surface area (Å²) in [6.45, 7) is 2.05. The van der Waals surface area contributed by atoms with Crippen molar-refractivity contribution in [2.45, 2.75) is 25.7 Å². The molecule has 0 aliphatic carbocycles. The molecule has 98 valence electrons. The molecule has 3 heterocycles. The first-order valence-electron chi connectivity index (χ1n) is 6.17. The molecule has 0 spiro atoms.